The zero-order chi connectivity index (χ0) is 45.0. The predicted molar refractivity (Wildman–Crippen MR) is 242 cm³/mol. The fourth-order valence-electron chi connectivity index (χ4n) is 7.44. The molecule has 1 aliphatic rings. The number of nitrogens with one attached hydrogen (secondary N) is 1. The van der Waals surface area contributed by atoms with Crippen molar-refractivity contribution in [3.63, 3.8) is 0 Å². The van der Waals surface area contributed by atoms with Gasteiger partial charge >= 0.3 is 10.4 Å². The minimum absolute atomic E-state index is 0.236. The quantitative estimate of drug-likeness (QED) is 0.0175. The highest BCUT2D eigenvalue weighted by molar-refractivity contribution is 7.80. The van der Waals surface area contributed by atoms with E-state index in [9.17, 15) is 38.7 Å². The van der Waals surface area contributed by atoms with Gasteiger partial charge in [0, 0.05) is 0 Å². The van der Waals surface area contributed by atoms with Crippen LogP contribution in [0.15, 0.2) is 36.5 Å². The fourth-order valence-corrected chi connectivity index (χ4v) is 7.95. The molecule has 0 radical (unpaired) electrons. The largest absolute Gasteiger partial charge is 0.397 e. The Kier molecular flexibility index (Phi) is 35.4. The molecule has 1 amide bonds. The molecule has 0 saturated carbocycles. The van der Waals surface area contributed by atoms with E-state index in [1.54, 1.807) is 6.08 Å². The van der Waals surface area contributed by atoms with Gasteiger partial charge in [0.15, 0.2) is 6.29 Å². The average molecular weight is 890 g/mol. The lowest BCUT2D eigenvalue weighted by molar-refractivity contribution is -0.298. The van der Waals surface area contributed by atoms with Crippen molar-refractivity contribution in [1.29, 1.82) is 0 Å². The highest BCUT2D eigenvalue weighted by atomic mass is 32.3. The van der Waals surface area contributed by atoms with Crippen LogP contribution in [-0.4, -0.2) is 107 Å². The van der Waals surface area contributed by atoms with Crippen LogP contribution in [0.4, 0.5) is 0 Å². The van der Waals surface area contributed by atoms with Crippen molar-refractivity contribution < 1.29 is 57.0 Å². The van der Waals surface area contributed by atoms with Gasteiger partial charge in [-0.15, -0.1) is 0 Å². The number of hydrogen-bond acceptors (Lipinski definition) is 11. The molecule has 1 saturated heterocycles. The van der Waals surface area contributed by atoms with Crippen molar-refractivity contribution in [2.24, 2.45) is 0 Å². The van der Waals surface area contributed by atoms with E-state index in [4.69, 9.17) is 14.0 Å². The van der Waals surface area contributed by atoms with Gasteiger partial charge in [-0.1, -0.05) is 192 Å². The number of allylic oxidation sites excluding steroid dienone is 5. The van der Waals surface area contributed by atoms with Crippen LogP contribution in [-0.2, 0) is 28.9 Å². The van der Waals surface area contributed by atoms with Crippen molar-refractivity contribution >= 4 is 16.3 Å². The number of aliphatic hydroxyl groups is 5. The summed E-state index contributed by atoms with van der Waals surface area (Å²) in [7, 11) is -5.12. The molecular formula is C47H87NO12S. The molecule has 61 heavy (non-hydrogen) atoms. The molecule has 0 aliphatic carbocycles. The van der Waals surface area contributed by atoms with Gasteiger partial charge in [0.1, 0.15) is 30.5 Å². The van der Waals surface area contributed by atoms with Crippen LogP contribution in [0.25, 0.3) is 0 Å². The summed E-state index contributed by atoms with van der Waals surface area (Å²) in [5, 5.41) is 55.1. The number of carbonyl (C=O) groups is 1. The second-order valence-electron chi connectivity index (χ2n) is 16.8. The van der Waals surface area contributed by atoms with Gasteiger partial charge < -0.3 is 40.3 Å². The molecule has 0 aromatic heterocycles. The Labute approximate surface area is 369 Å². The predicted octanol–water partition coefficient (Wildman–Crippen LogP) is 8.47. The van der Waals surface area contributed by atoms with Gasteiger partial charge in [-0.2, -0.15) is 8.42 Å². The van der Waals surface area contributed by atoms with Gasteiger partial charge in [-0.3, -0.25) is 9.35 Å². The van der Waals surface area contributed by atoms with E-state index in [2.05, 4.69) is 47.7 Å². The van der Waals surface area contributed by atoms with E-state index in [-0.39, 0.29) is 6.42 Å². The molecule has 14 heteroatoms. The number of rotatable bonds is 40. The van der Waals surface area contributed by atoms with Gasteiger partial charge in [-0.05, 0) is 38.5 Å². The summed E-state index contributed by atoms with van der Waals surface area (Å²) in [6.45, 7) is 3.12. The van der Waals surface area contributed by atoms with Crippen molar-refractivity contribution in [3.05, 3.63) is 36.5 Å². The van der Waals surface area contributed by atoms with Gasteiger partial charge in [-0.25, -0.2) is 4.18 Å². The van der Waals surface area contributed by atoms with Crippen LogP contribution in [0.1, 0.15) is 194 Å². The van der Waals surface area contributed by atoms with E-state index >= 15 is 0 Å². The lowest BCUT2D eigenvalue weighted by atomic mass is 9.99. The zero-order valence-electron chi connectivity index (χ0n) is 37.8. The maximum Gasteiger partial charge on any atom is 0.397 e. The second-order valence-corrected chi connectivity index (χ2v) is 17.9. The summed E-state index contributed by atoms with van der Waals surface area (Å²) < 4.78 is 47.4. The molecule has 7 N–H and O–H groups in total. The molecule has 1 rings (SSSR count). The highest BCUT2D eigenvalue weighted by Gasteiger charge is 2.48. The van der Waals surface area contributed by atoms with Crippen LogP contribution in [0.3, 0.4) is 0 Å². The molecule has 0 aromatic carbocycles. The first-order valence-corrected chi connectivity index (χ1v) is 25.3. The average Bonchev–Trinajstić information content (AvgIpc) is 3.23. The van der Waals surface area contributed by atoms with Crippen LogP contribution in [0.5, 0.6) is 0 Å². The summed E-state index contributed by atoms with van der Waals surface area (Å²) in [6, 6.07) is -1.14. The van der Waals surface area contributed by atoms with E-state index in [0.717, 1.165) is 51.4 Å². The molecule has 0 aromatic rings. The molecule has 358 valence electrons. The summed E-state index contributed by atoms with van der Waals surface area (Å²) >= 11 is 0. The zero-order valence-corrected chi connectivity index (χ0v) is 38.7. The molecule has 1 fully saturated rings. The molecular weight excluding hydrogens is 803 g/mol. The number of carbonyl (C=O) groups excluding carboxylic acids is 1. The maximum atomic E-state index is 13.1. The first kappa shape index (κ1) is 57.3. The SMILES string of the molecule is CCC/C=C/CC/C=C/CC/C=C/C(O)C(COC1OC(CO)C(O)C(OS(=O)(=O)O)C1O)NC(=O)C(O)CCCCCCCCCCCCCCCCCCCCCCC. The van der Waals surface area contributed by atoms with Crippen LogP contribution >= 0.6 is 0 Å². The third-order valence-electron chi connectivity index (χ3n) is 11.2. The van der Waals surface area contributed by atoms with Gasteiger partial charge in [0.2, 0.25) is 5.91 Å². The van der Waals surface area contributed by atoms with Crippen molar-refractivity contribution in [1.82, 2.24) is 5.32 Å². The van der Waals surface area contributed by atoms with Gasteiger partial charge in [0.25, 0.3) is 0 Å². The molecule has 0 spiro atoms. The number of hydrogen-bond donors (Lipinski definition) is 7. The maximum absolute atomic E-state index is 13.1. The Balaban J connectivity index is 2.49. The number of ether oxygens (including phenoxy) is 2. The lowest BCUT2D eigenvalue weighted by Gasteiger charge is -2.41. The fraction of sp³-hybridized carbons (Fsp3) is 0.851. The Morgan fingerprint density at radius 2 is 1.10 bits per heavy atom. The first-order chi connectivity index (χ1) is 29.4. The van der Waals surface area contributed by atoms with Crippen LogP contribution in [0, 0.1) is 0 Å². The van der Waals surface area contributed by atoms with Crippen molar-refractivity contribution in [2.45, 2.75) is 243 Å². The standard InChI is InChI=1S/C47H87NO12S/c1-3-5-7-9-11-13-15-16-17-18-19-20-21-22-23-24-26-28-30-32-34-36-41(51)46(54)48-39(40(50)35-33-31-29-27-25-14-12-10-8-6-4-2)38-58-47-44(53)45(60-61(55,56)57)43(52)42(37-49)59-47/h8,10,25,27,33,35,39-45,47,49-53H,3-7,9,11-24,26,28-32,34,36-38H2,1-2H3,(H,48,54)(H,55,56,57)/b10-8+,27-25+,35-33+. The molecule has 8 unspecified atom stereocenters. The third-order valence-corrected chi connectivity index (χ3v) is 11.7. The lowest BCUT2D eigenvalue weighted by Crippen LogP contribution is -2.61. The van der Waals surface area contributed by atoms with E-state index in [1.165, 1.54) is 115 Å². The Bertz CT molecular complexity index is 1250. The second kappa shape index (κ2) is 37.6. The smallest absolute Gasteiger partial charge is 0.394 e. The molecule has 13 nitrogen and oxygen atoms in total. The number of aliphatic hydroxyl groups excluding tert-OH is 5. The highest BCUT2D eigenvalue weighted by Crippen LogP contribution is 2.26. The van der Waals surface area contributed by atoms with E-state index in [1.807, 2.05) is 0 Å². The normalized spacial score (nSPS) is 21.5. The Morgan fingerprint density at radius 1 is 0.656 bits per heavy atom. The Hall–Kier alpha value is -1.72. The number of amides is 1. The van der Waals surface area contributed by atoms with Crippen LogP contribution < -0.4 is 5.32 Å². The van der Waals surface area contributed by atoms with Crippen molar-refractivity contribution in [2.75, 3.05) is 13.2 Å². The topological polar surface area (TPSA) is 212 Å². The van der Waals surface area contributed by atoms with Crippen LogP contribution in [0.2, 0.25) is 0 Å². The molecule has 1 heterocycles. The third kappa shape index (κ3) is 30.1. The minimum atomic E-state index is -5.12. The summed E-state index contributed by atoms with van der Waals surface area (Å²) in [5.41, 5.74) is 0. The monoisotopic (exact) mass is 890 g/mol. The molecule has 1 aliphatic heterocycles. The molecule has 8 atom stereocenters. The summed E-state index contributed by atoms with van der Waals surface area (Å²) in [4.78, 5) is 13.1. The summed E-state index contributed by atoms with van der Waals surface area (Å²) in [6.07, 6.45) is 32.5. The molecule has 0 bridgehead atoms. The Morgan fingerprint density at radius 3 is 1.54 bits per heavy atom. The first-order valence-electron chi connectivity index (χ1n) is 24.0. The van der Waals surface area contributed by atoms with Gasteiger partial charge in [0.05, 0.1) is 25.4 Å². The van der Waals surface area contributed by atoms with Crippen molar-refractivity contribution in [3.8, 4) is 0 Å². The van der Waals surface area contributed by atoms with E-state index < -0.39 is 78.5 Å². The summed E-state index contributed by atoms with van der Waals surface area (Å²) in [5.74, 6) is -0.716. The number of unbranched alkanes of at least 4 members (excludes halogenated alkanes) is 23. The van der Waals surface area contributed by atoms with E-state index in [0.29, 0.717) is 12.8 Å². The minimum Gasteiger partial charge on any atom is -0.394 e.